The third kappa shape index (κ3) is 13.3. The molecule has 0 aromatic heterocycles. The first kappa shape index (κ1) is 22.9. The Hall–Kier alpha value is -1.10. The van der Waals surface area contributed by atoms with E-state index in [1.165, 1.54) is 51.4 Å². The Morgan fingerprint density at radius 2 is 1.38 bits per heavy atom. The van der Waals surface area contributed by atoms with Gasteiger partial charge >= 0.3 is 5.97 Å². The highest BCUT2D eigenvalue weighted by atomic mass is 16.4. The molecule has 142 valence electrons. The summed E-state index contributed by atoms with van der Waals surface area (Å²) in [7, 11) is 3.94. The average molecular weight is 344 g/mol. The molecule has 0 fully saturated rings. The van der Waals surface area contributed by atoms with E-state index in [-0.39, 0.29) is 0 Å². The number of carboxylic acids is 2. The zero-order valence-electron chi connectivity index (χ0n) is 15.9. The Labute approximate surface area is 147 Å². The first-order valence-corrected chi connectivity index (χ1v) is 9.53. The first-order chi connectivity index (χ1) is 11.3. The van der Waals surface area contributed by atoms with Gasteiger partial charge in [0.05, 0.1) is 27.2 Å². The summed E-state index contributed by atoms with van der Waals surface area (Å²) in [5, 5.41) is 19.8. The number of aliphatic carboxylic acids is 2. The third-order valence-corrected chi connectivity index (χ3v) is 4.59. The summed E-state index contributed by atoms with van der Waals surface area (Å²) in [6, 6.07) is 0. The summed E-state index contributed by atoms with van der Waals surface area (Å²) < 4.78 is 0.543. The number of rotatable bonds is 16. The van der Waals surface area contributed by atoms with Gasteiger partial charge in [-0.05, 0) is 12.8 Å². The van der Waals surface area contributed by atoms with Crippen LogP contribution in [0.25, 0.3) is 0 Å². The van der Waals surface area contributed by atoms with Gasteiger partial charge in [-0.3, -0.25) is 4.79 Å². The molecular formula is C19H37NO4. The smallest absolute Gasteiger partial charge is 0.312 e. The maximum atomic E-state index is 11.2. The highest BCUT2D eigenvalue weighted by molar-refractivity contribution is 5.76. The van der Waals surface area contributed by atoms with Crippen molar-refractivity contribution in [2.75, 3.05) is 27.2 Å². The minimum atomic E-state index is -1.29. The lowest BCUT2D eigenvalue weighted by Crippen LogP contribution is -2.47. The molecule has 0 rings (SSSR count). The van der Waals surface area contributed by atoms with Crippen molar-refractivity contribution in [1.29, 1.82) is 0 Å². The Morgan fingerprint density at radius 1 is 0.917 bits per heavy atom. The second kappa shape index (κ2) is 13.2. The number of quaternary nitrogens is 1. The van der Waals surface area contributed by atoms with E-state index in [4.69, 9.17) is 5.11 Å². The van der Waals surface area contributed by atoms with E-state index in [0.29, 0.717) is 11.0 Å². The van der Waals surface area contributed by atoms with Crippen LogP contribution < -0.4 is 5.11 Å². The summed E-state index contributed by atoms with van der Waals surface area (Å²) >= 11 is 0. The molecule has 1 N–H and O–H groups in total. The number of hydrogen-bond donors (Lipinski definition) is 1. The van der Waals surface area contributed by atoms with Crippen molar-refractivity contribution in [2.24, 2.45) is 5.92 Å². The molecule has 0 amide bonds. The number of carbonyl (C=O) groups is 2. The average Bonchev–Trinajstić information content (AvgIpc) is 2.47. The van der Waals surface area contributed by atoms with Crippen molar-refractivity contribution in [1.82, 2.24) is 0 Å². The first-order valence-electron chi connectivity index (χ1n) is 9.53. The van der Waals surface area contributed by atoms with Crippen molar-refractivity contribution < 1.29 is 24.3 Å². The largest absolute Gasteiger partial charge is 0.550 e. The number of carboxylic acid groups (broad SMARTS) is 2. The lowest BCUT2D eigenvalue weighted by molar-refractivity contribution is -0.892. The van der Waals surface area contributed by atoms with E-state index in [1.54, 1.807) is 0 Å². The molecule has 0 bridgehead atoms. The van der Waals surface area contributed by atoms with Gasteiger partial charge in [0.25, 0.3) is 0 Å². The maximum Gasteiger partial charge on any atom is 0.312 e. The van der Waals surface area contributed by atoms with Crippen LogP contribution in [0.15, 0.2) is 0 Å². The van der Waals surface area contributed by atoms with E-state index in [9.17, 15) is 14.7 Å². The zero-order valence-corrected chi connectivity index (χ0v) is 15.9. The lowest BCUT2D eigenvalue weighted by Gasteiger charge is -2.32. The summed E-state index contributed by atoms with van der Waals surface area (Å²) in [5.74, 6) is -3.21. The molecule has 24 heavy (non-hydrogen) atoms. The number of unbranched alkanes of at least 4 members (excludes halogenated alkanes) is 9. The fourth-order valence-corrected chi connectivity index (χ4v) is 3.15. The van der Waals surface area contributed by atoms with Crippen LogP contribution in [-0.4, -0.2) is 48.7 Å². The van der Waals surface area contributed by atoms with Crippen LogP contribution in [-0.2, 0) is 9.59 Å². The fourth-order valence-electron chi connectivity index (χ4n) is 3.15. The van der Waals surface area contributed by atoms with Gasteiger partial charge in [0, 0.05) is 12.4 Å². The summed E-state index contributed by atoms with van der Waals surface area (Å²) in [5.41, 5.74) is 0. The van der Waals surface area contributed by atoms with E-state index in [1.807, 2.05) is 14.1 Å². The molecule has 0 heterocycles. The molecule has 5 heteroatoms. The van der Waals surface area contributed by atoms with Gasteiger partial charge in [-0.15, -0.1) is 0 Å². The minimum absolute atomic E-state index is 0.334. The van der Waals surface area contributed by atoms with Crippen molar-refractivity contribution in [3.05, 3.63) is 0 Å². The van der Waals surface area contributed by atoms with E-state index in [0.717, 1.165) is 19.4 Å². The Kier molecular flexibility index (Phi) is 12.6. The molecule has 0 saturated heterocycles. The normalized spacial score (nSPS) is 13.0. The highest BCUT2D eigenvalue weighted by Crippen LogP contribution is 2.14. The summed E-state index contributed by atoms with van der Waals surface area (Å²) in [6.07, 6.45) is 12.3. The van der Waals surface area contributed by atoms with Crippen molar-refractivity contribution in [3.8, 4) is 0 Å². The molecule has 0 radical (unpaired) electrons. The standard InChI is InChI=1S/C19H37NO4/c1-4-5-6-7-8-9-10-11-12-13-14-20(2,3)16-17(19(23)24)15-18(21)22/h17H,4-16H2,1-3H3,(H-,21,22,23,24). The number of hydrogen-bond acceptors (Lipinski definition) is 3. The molecule has 1 atom stereocenters. The highest BCUT2D eigenvalue weighted by Gasteiger charge is 2.27. The molecule has 0 saturated carbocycles. The van der Waals surface area contributed by atoms with Gasteiger partial charge in [-0.1, -0.05) is 58.3 Å². The van der Waals surface area contributed by atoms with Crippen LogP contribution in [0.1, 0.15) is 77.6 Å². The van der Waals surface area contributed by atoms with Gasteiger partial charge in [-0.25, -0.2) is 0 Å². The van der Waals surface area contributed by atoms with Gasteiger partial charge in [0.1, 0.15) is 5.92 Å². The second-order valence-electron chi connectivity index (χ2n) is 7.64. The molecule has 0 aromatic rings. The molecular weight excluding hydrogens is 306 g/mol. The lowest BCUT2D eigenvalue weighted by atomic mass is 10.0. The van der Waals surface area contributed by atoms with Crippen molar-refractivity contribution in [3.63, 3.8) is 0 Å². The summed E-state index contributed by atoms with van der Waals surface area (Å²) in [4.78, 5) is 21.8. The van der Waals surface area contributed by atoms with Gasteiger partial charge < -0.3 is 19.5 Å². The quantitative estimate of drug-likeness (QED) is 0.345. The molecule has 0 aliphatic rings. The van der Waals surface area contributed by atoms with Gasteiger partial charge in [0.2, 0.25) is 0 Å². The SMILES string of the molecule is CCCCCCCCCCCC[N+](C)(C)CC(CC(=O)[O-])C(=O)O. The number of nitrogens with zero attached hydrogens (tertiary/aromatic N) is 1. The second-order valence-corrected chi connectivity index (χ2v) is 7.64. The summed E-state index contributed by atoms with van der Waals surface area (Å²) in [6.45, 7) is 3.45. The van der Waals surface area contributed by atoms with Crippen molar-refractivity contribution in [2.45, 2.75) is 77.6 Å². The van der Waals surface area contributed by atoms with Crippen molar-refractivity contribution >= 4 is 11.9 Å². The molecule has 1 unspecified atom stereocenters. The van der Waals surface area contributed by atoms with Crippen LogP contribution in [0.2, 0.25) is 0 Å². The molecule has 0 spiro atoms. The van der Waals surface area contributed by atoms with Gasteiger partial charge in [0.15, 0.2) is 0 Å². The predicted molar refractivity (Wildman–Crippen MR) is 94.4 cm³/mol. The fraction of sp³-hybridized carbons (Fsp3) is 0.895. The van der Waals surface area contributed by atoms with Crippen LogP contribution in [0.4, 0.5) is 0 Å². The van der Waals surface area contributed by atoms with Crippen LogP contribution >= 0.6 is 0 Å². The monoisotopic (exact) mass is 343 g/mol. The topological polar surface area (TPSA) is 77.4 Å². The maximum absolute atomic E-state index is 11.2. The Morgan fingerprint density at radius 3 is 1.79 bits per heavy atom. The molecule has 0 aromatic carbocycles. The Balaban J connectivity index is 3.79. The van der Waals surface area contributed by atoms with E-state index in [2.05, 4.69) is 6.92 Å². The molecule has 0 aliphatic heterocycles. The van der Waals surface area contributed by atoms with E-state index < -0.39 is 24.3 Å². The van der Waals surface area contributed by atoms with E-state index >= 15 is 0 Å². The predicted octanol–water partition coefficient (Wildman–Crippen LogP) is 2.82. The molecule has 5 nitrogen and oxygen atoms in total. The zero-order chi connectivity index (χ0) is 18.4. The minimum Gasteiger partial charge on any atom is -0.550 e. The number of carbonyl (C=O) groups excluding carboxylic acids is 1. The third-order valence-electron chi connectivity index (χ3n) is 4.59. The van der Waals surface area contributed by atoms with Crippen LogP contribution in [0, 0.1) is 5.92 Å². The van der Waals surface area contributed by atoms with Crippen LogP contribution in [0.3, 0.4) is 0 Å². The van der Waals surface area contributed by atoms with Gasteiger partial charge in [-0.2, -0.15) is 0 Å². The van der Waals surface area contributed by atoms with Crippen LogP contribution in [0.5, 0.6) is 0 Å². The Bertz CT molecular complexity index is 355. The molecule has 0 aliphatic carbocycles.